The Morgan fingerprint density at radius 1 is 1.21 bits per heavy atom. The second-order valence-electron chi connectivity index (χ2n) is 6.26. The normalized spacial score (nSPS) is 24.3. The smallest absolute Gasteiger partial charge is 0.257 e. The van der Waals surface area contributed by atoms with Gasteiger partial charge in [0.25, 0.3) is 5.91 Å². The number of anilines is 1. The fraction of sp³-hybridized carbons (Fsp3) is 0.444. The van der Waals surface area contributed by atoms with Crippen molar-refractivity contribution in [1.82, 2.24) is 9.88 Å². The number of carbonyl (C=O) groups excluding carboxylic acids is 1. The van der Waals surface area contributed by atoms with Crippen LogP contribution in [-0.4, -0.2) is 54.2 Å². The van der Waals surface area contributed by atoms with Crippen molar-refractivity contribution in [2.24, 2.45) is 0 Å². The predicted molar refractivity (Wildman–Crippen MR) is 89.0 cm³/mol. The average Bonchev–Trinajstić information content (AvgIpc) is 3.08. The molecule has 2 aromatic rings. The van der Waals surface area contributed by atoms with Gasteiger partial charge in [0.2, 0.25) is 0 Å². The molecule has 0 unspecified atom stereocenters. The summed E-state index contributed by atoms with van der Waals surface area (Å²) in [5, 5.41) is 0. The summed E-state index contributed by atoms with van der Waals surface area (Å²) in [5.41, 5.74) is 1.75. The van der Waals surface area contributed by atoms with Crippen molar-refractivity contribution < 1.29 is 13.9 Å². The molecule has 126 valence electrons. The number of carbonyl (C=O) groups is 1. The van der Waals surface area contributed by atoms with E-state index in [0.717, 1.165) is 31.6 Å². The van der Waals surface area contributed by atoms with Crippen molar-refractivity contribution in [3.8, 4) is 0 Å². The van der Waals surface area contributed by atoms with Crippen LogP contribution in [0.2, 0.25) is 0 Å². The molecule has 2 atom stereocenters. The number of fused-ring (bicyclic) bond motifs is 1. The molecule has 0 radical (unpaired) electrons. The lowest BCUT2D eigenvalue weighted by Crippen LogP contribution is -2.51. The van der Waals surface area contributed by atoms with Crippen molar-refractivity contribution in [3.63, 3.8) is 0 Å². The first-order valence-electron chi connectivity index (χ1n) is 8.42. The Hall–Kier alpha value is -2.34. The van der Waals surface area contributed by atoms with Gasteiger partial charge in [-0.15, -0.1) is 0 Å². The Morgan fingerprint density at radius 2 is 2.12 bits per heavy atom. The van der Waals surface area contributed by atoms with Gasteiger partial charge in [-0.1, -0.05) is 0 Å². The van der Waals surface area contributed by atoms with Gasteiger partial charge in [-0.2, -0.15) is 0 Å². The molecular weight excluding hydrogens is 306 g/mol. The van der Waals surface area contributed by atoms with Crippen LogP contribution in [0.3, 0.4) is 0 Å². The highest BCUT2D eigenvalue weighted by Crippen LogP contribution is 2.28. The SMILES string of the molecule is O=C(c1ccoc1)N1CC[C@@H]2OCCN(c3cccnc3)[C@H]2CC1. The molecular formula is C18H21N3O3. The maximum Gasteiger partial charge on any atom is 0.257 e. The molecule has 6 heteroatoms. The monoisotopic (exact) mass is 327 g/mol. The maximum absolute atomic E-state index is 12.6. The zero-order chi connectivity index (χ0) is 16.4. The zero-order valence-corrected chi connectivity index (χ0v) is 13.5. The number of likely N-dealkylation sites (tertiary alicyclic amines) is 1. The highest BCUT2D eigenvalue weighted by atomic mass is 16.5. The van der Waals surface area contributed by atoms with E-state index in [-0.39, 0.29) is 18.1 Å². The number of morpholine rings is 1. The number of amides is 1. The van der Waals surface area contributed by atoms with E-state index in [4.69, 9.17) is 9.15 Å². The molecule has 4 rings (SSSR count). The van der Waals surface area contributed by atoms with Crippen LogP contribution >= 0.6 is 0 Å². The third-order valence-electron chi connectivity index (χ3n) is 4.90. The van der Waals surface area contributed by atoms with Gasteiger partial charge in [0.1, 0.15) is 6.26 Å². The number of aromatic nitrogens is 1. The van der Waals surface area contributed by atoms with E-state index in [9.17, 15) is 4.79 Å². The third kappa shape index (κ3) is 2.89. The molecule has 0 spiro atoms. The van der Waals surface area contributed by atoms with E-state index >= 15 is 0 Å². The quantitative estimate of drug-likeness (QED) is 0.846. The maximum atomic E-state index is 12.6. The lowest BCUT2D eigenvalue weighted by molar-refractivity contribution is 0.00907. The summed E-state index contributed by atoms with van der Waals surface area (Å²) in [6.45, 7) is 3.02. The van der Waals surface area contributed by atoms with Gasteiger partial charge in [0, 0.05) is 25.8 Å². The number of ether oxygens (including phenoxy) is 1. The Bertz CT molecular complexity index is 674. The fourth-order valence-corrected chi connectivity index (χ4v) is 3.70. The average molecular weight is 327 g/mol. The number of rotatable bonds is 2. The molecule has 2 saturated heterocycles. The van der Waals surface area contributed by atoms with Gasteiger partial charge in [0.05, 0.1) is 42.5 Å². The molecule has 0 N–H and O–H groups in total. The predicted octanol–water partition coefficient (Wildman–Crippen LogP) is 2.18. The summed E-state index contributed by atoms with van der Waals surface area (Å²) >= 11 is 0. The van der Waals surface area contributed by atoms with E-state index in [1.54, 1.807) is 12.3 Å². The molecule has 6 nitrogen and oxygen atoms in total. The first-order valence-corrected chi connectivity index (χ1v) is 8.42. The molecule has 2 aliphatic heterocycles. The second kappa shape index (κ2) is 6.65. The highest BCUT2D eigenvalue weighted by Gasteiger charge is 2.36. The van der Waals surface area contributed by atoms with Crippen LogP contribution in [0.25, 0.3) is 0 Å². The molecule has 4 heterocycles. The second-order valence-corrected chi connectivity index (χ2v) is 6.26. The third-order valence-corrected chi connectivity index (χ3v) is 4.90. The largest absolute Gasteiger partial charge is 0.472 e. The Kier molecular flexibility index (Phi) is 4.21. The van der Waals surface area contributed by atoms with Crippen molar-refractivity contribution in [1.29, 1.82) is 0 Å². The lowest BCUT2D eigenvalue weighted by Gasteiger charge is -2.41. The number of hydrogen-bond donors (Lipinski definition) is 0. The highest BCUT2D eigenvalue weighted by molar-refractivity contribution is 5.93. The number of pyridine rings is 1. The topological polar surface area (TPSA) is 58.8 Å². The van der Waals surface area contributed by atoms with Crippen LogP contribution in [0, 0.1) is 0 Å². The Labute approximate surface area is 141 Å². The number of furan rings is 1. The Balaban J connectivity index is 1.51. The van der Waals surface area contributed by atoms with E-state index in [2.05, 4.69) is 16.0 Å². The number of nitrogens with zero attached hydrogens (tertiary/aromatic N) is 3. The zero-order valence-electron chi connectivity index (χ0n) is 13.5. The fourth-order valence-electron chi connectivity index (χ4n) is 3.70. The van der Waals surface area contributed by atoms with Crippen molar-refractivity contribution in [2.45, 2.75) is 25.0 Å². The van der Waals surface area contributed by atoms with Gasteiger partial charge in [0.15, 0.2) is 0 Å². The Morgan fingerprint density at radius 3 is 2.92 bits per heavy atom. The molecule has 24 heavy (non-hydrogen) atoms. The van der Waals surface area contributed by atoms with Gasteiger partial charge in [-0.25, -0.2) is 0 Å². The van der Waals surface area contributed by atoms with E-state index in [0.29, 0.717) is 18.7 Å². The molecule has 2 fully saturated rings. The first-order chi connectivity index (χ1) is 11.8. The molecule has 0 bridgehead atoms. The van der Waals surface area contributed by atoms with Crippen LogP contribution in [-0.2, 0) is 4.74 Å². The lowest BCUT2D eigenvalue weighted by atomic mass is 10.0. The van der Waals surface area contributed by atoms with Crippen LogP contribution in [0.4, 0.5) is 5.69 Å². The molecule has 2 aromatic heterocycles. The summed E-state index contributed by atoms with van der Waals surface area (Å²) in [6, 6.07) is 6.06. The van der Waals surface area contributed by atoms with Crippen LogP contribution in [0.15, 0.2) is 47.5 Å². The summed E-state index contributed by atoms with van der Waals surface area (Å²) in [5.74, 6) is 0.0373. The van der Waals surface area contributed by atoms with Gasteiger partial charge >= 0.3 is 0 Å². The van der Waals surface area contributed by atoms with Crippen molar-refractivity contribution in [2.75, 3.05) is 31.1 Å². The minimum atomic E-state index is 0.0373. The van der Waals surface area contributed by atoms with Gasteiger partial charge < -0.3 is 19.0 Å². The minimum absolute atomic E-state index is 0.0373. The summed E-state index contributed by atoms with van der Waals surface area (Å²) in [6.07, 6.45) is 8.65. The standard InChI is InChI=1S/C18H21N3O3/c22-18(14-5-10-23-13-14)20-7-3-16-17(4-8-20)24-11-9-21(16)15-2-1-6-19-12-15/h1-2,5-6,10,12-13,16-17H,3-4,7-9,11H2/t16-,17-/m0/s1. The summed E-state index contributed by atoms with van der Waals surface area (Å²) in [4.78, 5) is 21.1. The van der Waals surface area contributed by atoms with Crippen LogP contribution in [0.1, 0.15) is 23.2 Å². The van der Waals surface area contributed by atoms with Crippen LogP contribution in [0.5, 0.6) is 0 Å². The van der Waals surface area contributed by atoms with Gasteiger partial charge in [-0.3, -0.25) is 9.78 Å². The van der Waals surface area contributed by atoms with Gasteiger partial charge in [-0.05, 0) is 31.0 Å². The van der Waals surface area contributed by atoms with E-state index < -0.39 is 0 Å². The van der Waals surface area contributed by atoms with Crippen molar-refractivity contribution in [3.05, 3.63) is 48.7 Å². The molecule has 0 saturated carbocycles. The molecule has 1 amide bonds. The molecule has 0 aromatic carbocycles. The molecule has 2 aliphatic rings. The summed E-state index contributed by atoms with van der Waals surface area (Å²) in [7, 11) is 0. The van der Waals surface area contributed by atoms with E-state index in [1.807, 2.05) is 17.2 Å². The van der Waals surface area contributed by atoms with Crippen molar-refractivity contribution >= 4 is 11.6 Å². The first kappa shape index (κ1) is 15.2. The minimum Gasteiger partial charge on any atom is -0.472 e. The summed E-state index contributed by atoms with van der Waals surface area (Å²) < 4.78 is 11.1. The molecule has 0 aliphatic carbocycles. The number of hydrogen-bond acceptors (Lipinski definition) is 5. The van der Waals surface area contributed by atoms with Crippen LogP contribution < -0.4 is 4.90 Å². The van der Waals surface area contributed by atoms with E-state index in [1.165, 1.54) is 12.5 Å².